The van der Waals surface area contributed by atoms with Gasteiger partial charge in [0.15, 0.2) is 0 Å². The molecular weight excluding hydrogens is 544 g/mol. The quantitative estimate of drug-likeness (QED) is 0.276. The van der Waals surface area contributed by atoms with Gasteiger partial charge < -0.3 is 25.4 Å². The third-order valence-corrected chi connectivity index (χ3v) is 7.99. The SMILES string of the molecule is Cc1cc(NC(=O)c2c(C)c(C(=O)C(=O)NC3(C)CCN(C(=O)Nc4ccc(C)c(F)c4)CC3)n(C)c2C)ccc1F. The number of aryl methyl sites for hydroxylation is 2. The molecule has 222 valence electrons. The number of Topliss-reactive ketones (excluding diaryl/α,β-unsaturated/α-hetero) is 1. The van der Waals surface area contributed by atoms with Crippen molar-refractivity contribution in [2.45, 2.75) is 53.0 Å². The number of halogens is 2. The van der Waals surface area contributed by atoms with Crippen LogP contribution in [0.2, 0.25) is 0 Å². The second-order valence-electron chi connectivity index (χ2n) is 11.1. The highest BCUT2D eigenvalue weighted by molar-refractivity contribution is 6.43. The summed E-state index contributed by atoms with van der Waals surface area (Å²) < 4.78 is 29.0. The Hall–Kier alpha value is -4.54. The molecule has 9 nitrogen and oxygen atoms in total. The molecule has 42 heavy (non-hydrogen) atoms. The van der Waals surface area contributed by atoms with Crippen LogP contribution in [0.5, 0.6) is 0 Å². The van der Waals surface area contributed by atoms with Gasteiger partial charge in [0.2, 0.25) is 0 Å². The minimum Gasteiger partial charge on any atom is -0.344 e. The smallest absolute Gasteiger partial charge is 0.321 e. The van der Waals surface area contributed by atoms with E-state index in [0.29, 0.717) is 59.7 Å². The van der Waals surface area contributed by atoms with Crippen molar-refractivity contribution in [2.75, 3.05) is 23.7 Å². The van der Waals surface area contributed by atoms with E-state index in [0.717, 1.165) is 0 Å². The average molecular weight is 580 g/mol. The van der Waals surface area contributed by atoms with E-state index in [2.05, 4.69) is 16.0 Å². The lowest BCUT2D eigenvalue weighted by Gasteiger charge is -2.39. The van der Waals surface area contributed by atoms with E-state index in [-0.39, 0.29) is 23.1 Å². The van der Waals surface area contributed by atoms with Gasteiger partial charge in [0.25, 0.3) is 17.6 Å². The first-order valence-corrected chi connectivity index (χ1v) is 13.6. The Morgan fingerprint density at radius 1 is 0.833 bits per heavy atom. The Kier molecular flexibility index (Phi) is 8.51. The van der Waals surface area contributed by atoms with Crippen LogP contribution in [-0.2, 0) is 11.8 Å². The molecule has 2 aromatic carbocycles. The van der Waals surface area contributed by atoms with Crippen LogP contribution >= 0.6 is 0 Å². The van der Waals surface area contributed by atoms with Crippen LogP contribution in [0.15, 0.2) is 36.4 Å². The topological polar surface area (TPSA) is 113 Å². The summed E-state index contributed by atoms with van der Waals surface area (Å²) in [6.45, 7) is 8.97. The molecule has 1 saturated heterocycles. The molecule has 4 amide bonds. The Bertz CT molecular complexity index is 1590. The zero-order chi connectivity index (χ0) is 30.9. The first-order chi connectivity index (χ1) is 19.7. The second kappa shape index (κ2) is 11.8. The van der Waals surface area contributed by atoms with Crippen molar-refractivity contribution in [1.29, 1.82) is 0 Å². The molecule has 4 rings (SSSR count). The van der Waals surface area contributed by atoms with Gasteiger partial charge in [-0.25, -0.2) is 13.6 Å². The first-order valence-electron chi connectivity index (χ1n) is 13.6. The van der Waals surface area contributed by atoms with E-state index in [1.54, 1.807) is 51.8 Å². The number of hydrogen-bond acceptors (Lipinski definition) is 4. The molecule has 2 heterocycles. The minimum atomic E-state index is -0.810. The van der Waals surface area contributed by atoms with Crippen LogP contribution in [0.25, 0.3) is 0 Å². The summed E-state index contributed by atoms with van der Waals surface area (Å²) in [6, 6.07) is 8.32. The van der Waals surface area contributed by atoms with Crippen LogP contribution in [0.4, 0.5) is 25.0 Å². The molecule has 1 aliphatic heterocycles. The van der Waals surface area contributed by atoms with Crippen molar-refractivity contribution in [3.8, 4) is 0 Å². The van der Waals surface area contributed by atoms with Gasteiger partial charge in [-0.3, -0.25) is 14.4 Å². The number of piperidine rings is 1. The maximum Gasteiger partial charge on any atom is 0.321 e. The summed E-state index contributed by atoms with van der Waals surface area (Å²) in [5.41, 5.74) is 2.08. The van der Waals surface area contributed by atoms with Crippen LogP contribution in [0.1, 0.15) is 63.0 Å². The number of nitrogens with one attached hydrogen (secondary N) is 3. The predicted octanol–water partition coefficient (Wildman–Crippen LogP) is 5.17. The van der Waals surface area contributed by atoms with E-state index >= 15 is 0 Å². The third kappa shape index (κ3) is 6.19. The molecular formula is C31H35F2N5O4. The number of carbonyl (C=O) groups excluding carboxylic acids is 4. The number of carbonyl (C=O) groups is 4. The molecule has 11 heteroatoms. The largest absolute Gasteiger partial charge is 0.344 e. The van der Waals surface area contributed by atoms with Gasteiger partial charge >= 0.3 is 6.03 Å². The maximum atomic E-state index is 13.8. The Morgan fingerprint density at radius 3 is 2.07 bits per heavy atom. The van der Waals surface area contributed by atoms with Gasteiger partial charge in [-0.1, -0.05) is 6.07 Å². The molecule has 0 aliphatic carbocycles. The Balaban J connectivity index is 1.41. The summed E-state index contributed by atoms with van der Waals surface area (Å²) in [5, 5.41) is 8.26. The van der Waals surface area contributed by atoms with Gasteiger partial charge in [-0.05, 0) is 94.5 Å². The normalized spacial score (nSPS) is 14.3. The van der Waals surface area contributed by atoms with Crippen molar-refractivity contribution in [3.05, 3.63) is 81.7 Å². The number of urea groups is 1. The second-order valence-corrected chi connectivity index (χ2v) is 11.1. The van der Waals surface area contributed by atoms with Crippen LogP contribution in [0, 0.1) is 39.3 Å². The number of amides is 4. The zero-order valence-corrected chi connectivity index (χ0v) is 24.6. The highest BCUT2D eigenvalue weighted by atomic mass is 19.1. The fourth-order valence-electron chi connectivity index (χ4n) is 5.19. The minimum absolute atomic E-state index is 0.0937. The van der Waals surface area contributed by atoms with Crippen LogP contribution < -0.4 is 16.0 Å². The number of rotatable bonds is 6. The number of ketones is 1. The molecule has 3 aromatic rings. The van der Waals surface area contributed by atoms with Gasteiger partial charge in [0, 0.05) is 42.7 Å². The van der Waals surface area contributed by atoms with Crippen molar-refractivity contribution in [3.63, 3.8) is 0 Å². The molecule has 0 unspecified atom stereocenters. The number of hydrogen-bond donors (Lipinski definition) is 3. The number of aromatic nitrogens is 1. The third-order valence-electron chi connectivity index (χ3n) is 7.99. The van der Waals surface area contributed by atoms with E-state index < -0.39 is 29.0 Å². The first kappa shape index (κ1) is 30.4. The summed E-state index contributed by atoms with van der Waals surface area (Å²) in [7, 11) is 1.61. The van der Waals surface area contributed by atoms with Crippen LogP contribution in [-0.4, -0.2) is 51.7 Å². The number of nitrogens with zero attached hydrogens (tertiary/aromatic N) is 2. The monoisotopic (exact) mass is 579 g/mol. The average Bonchev–Trinajstić information content (AvgIpc) is 3.15. The van der Waals surface area contributed by atoms with E-state index in [9.17, 15) is 28.0 Å². The van der Waals surface area contributed by atoms with E-state index in [1.165, 1.54) is 28.8 Å². The van der Waals surface area contributed by atoms with E-state index in [4.69, 9.17) is 0 Å². The molecule has 0 saturated carbocycles. The number of anilines is 2. The molecule has 0 spiro atoms. The lowest BCUT2D eigenvalue weighted by molar-refractivity contribution is -0.119. The Morgan fingerprint density at radius 2 is 1.45 bits per heavy atom. The molecule has 0 radical (unpaired) electrons. The molecule has 0 atom stereocenters. The summed E-state index contributed by atoms with van der Waals surface area (Å²) in [4.78, 5) is 53.9. The lowest BCUT2D eigenvalue weighted by atomic mass is 9.89. The standard InChI is InChI=1S/C31H35F2N5O4/c1-17-7-8-22(16-24(17)33)35-30(42)38-13-11-31(5,12-14-38)36-29(41)27(39)26-19(3)25(20(4)37(26)6)28(40)34-21-9-10-23(32)18(2)15-21/h7-10,15-16H,11-14H2,1-6H3,(H,34,40)(H,35,42)(H,36,41). The molecule has 1 aliphatic rings. The zero-order valence-electron chi connectivity index (χ0n) is 24.6. The van der Waals surface area contributed by atoms with Gasteiger partial charge in [0.05, 0.1) is 11.3 Å². The fourth-order valence-corrected chi connectivity index (χ4v) is 5.19. The number of likely N-dealkylation sites (tertiary alicyclic amines) is 1. The molecule has 1 fully saturated rings. The van der Waals surface area contributed by atoms with E-state index in [1.807, 2.05) is 6.92 Å². The molecule has 1 aromatic heterocycles. The summed E-state index contributed by atoms with van der Waals surface area (Å²) in [6.07, 6.45) is 0.801. The van der Waals surface area contributed by atoms with Gasteiger partial charge in [-0.2, -0.15) is 0 Å². The van der Waals surface area contributed by atoms with Crippen molar-refractivity contribution in [1.82, 2.24) is 14.8 Å². The van der Waals surface area contributed by atoms with Gasteiger partial charge in [-0.15, -0.1) is 0 Å². The van der Waals surface area contributed by atoms with Gasteiger partial charge in [0.1, 0.15) is 11.6 Å². The highest BCUT2D eigenvalue weighted by Crippen LogP contribution is 2.26. The maximum absolute atomic E-state index is 13.8. The Labute approximate surface area is 243 Å². The predicted molar refractivity (Wildman–Crippen MR) is 156 cm³/mol. The lowest BCUT2D eigenvalue weighted by Crippen LogP contribution is -2.56. The number of benzene rings is 2. The molecule has 0 bridgehead atoms. The molecule has 3 N–H and O–H groups in total. The summed E-state index contributed by atoms with van der Waals surface area (Å²) >= 11 is 0. The highest BCUT2D eigenvalue weighted by Gasteiger charge is 2.36. The van der Waals surface area contributed by atoms with Crippen LogP contribution in [0.3, 0.4) is 0 Å². The fraction of sp³-hybridized carbons (Fsp3) is 0.355. The van der Waals surface area contributed by atoms with Crippen molar-refractivity contribution >= 4 is 35.0 Å². The summed E-state index contributed by atoms with van der Waals surface area (Å²) in [5.74, 6) is -2.86. The van der Waals surface area contributed by atoms with Crippen molar-refractivity contribution in [2.24, 2.45) is 7.05 Å². The van der Waals surface area contributed by atoms with Crippen molar-refractivity contribution < 1.29 is 28.0 Å².